The maximum absolute atomic E-state index is 9.51. The highest BCUT2D eigenvalue weighted by Gasteiger charge is 2.53. The minimum atomic E-state index is -0.626. The number of rotatable bonds is 4. The number of para-hydroxylation sites is 6. The number of anilines is 6. The summed E-state index contributed by atoms with van der Waals surface area (Å²) >= 11 is 0. The molecule has 4 aliphatic heterocycles. The summed E-state index contributed by atoms with van der Waals surface area (Å²) in [7, 11) is 0. The molecule has 0 saturated heterocycles. The molecular formula is C79H47B2N3O2. The van der Waals surface area contributed by atoms with Gasteiger partial charge in [0, 0.05) is 57.0 Å². The fourth-order valence-electron chi connectivity index (χ4n) is 15.9. The van der Waals surface area contributed by atoms with Gasteiger partial charge in [0.15, 0.2) is 0 Å². The number of ether oxygens (including phenoxy) is 2. The van der Waals surface area contributed by atoms with Crippen LogP contribution in [-0.4, -0.2) is 18.0 Å². The molecule has 1 aromatic heterocycles. The van der Waals surface area contributed by atoms with Crippen molar-refractivity contribution in [3.8, 4) is 62.1 Å². The number of benzene rings is 13. The molecule has 0 N–H and O–H groups in total. The lowest BCUT2D eigenvalue weighted by molar-refractivity contribution is 0.487. The molecule has 1 spiro atoms. The Morgan fingerprint density at radius 1 is 0.337 bits per heavy atom. The van der Waals surface area contributed by atoms with Crippen molar-refractivity contribution >= 4 is 102 Å². The van der Waals surface area contributed by atoms with Crippen LogP contribution < -0.4 is 52.1 Å². The molecule has 13 aromatic carbocycles. The van der Waals surface area contributed by atoms with Crippen molar-refractivity contribution in [2.75, 3.05) is 9.80 Å². The molecule has 14 aromatic rings. The number of aromatic nitrogens is 1. The Kier molecular flexibility index (Phi) is 7.83. The second-order valence-electron chi connectivity index (χ2n) is 23.1. The molecule has 396 valence electrons. The van der Waals surface area contributed by atoms with Gasteiger partial charge in [0.1, 0.15) is 23.0 Å². The Morgan fingerprint density at radius 2 is 0.849 bits per heavy atom. The first kappa shape index (κ1) is 39.5. The number of hydrogen-bond acceptors (Lipinski definition) is 4. The fourth-order valence-corrected chi connectivity index (χ4v) is 15.9. The predicted molar refractivity (Wildman–Crippen MR) is 354 cm³/mol. The summed E-state index contributed by atoms with van der Waals surface area (Å²) in [4.78, 5) is 4.62. The second kappa shape index (κ2) is 17.1. The topological polar surface area (TPSA) is 29.9 Å². The number of fused-ring (bicyclic) bond motifs is 21. The zero-order valence-electron chi connectivity index (χ0n) is 53.8. The van der Waals surface area contributed by atoms with Gasteiger partial charge in [0.2, 0.25) is 0 Å². The average Bonchev–Trinajstić information content (AvgIpc) is 1.43. The molecule has 5 nitrogen and oxygen atoms in total. The van der Waals surface area contributed by atoms with Gasteiger partial charge in [-0.3, -0.25) is 0 Å². The first-order chi connectivity index (χ1) is 46.0. The molecule has 6 aliphatic rings. The standard InChI is InChI=1S/C79H47B2N3O2/c1-3-22-49(23-4-1)82-68-40-19-15-36-62(68)80-65-46-64-69(83(50-24-5-2-6-25-50)71-44-51(45-75-78(71)81(64)63-37-16-20-41-72(63)85-75)84-66-38-17-10-29-56(66)57-30-11-18-39-67(57)84)47-73(65)86-74-43-48(42-70(82)77(74)80)52-31-21-32-58-55-28-9-14-35-61(55)79(76(52)58)59-33-12-7-26-53(59)54-27-8-13-34-60(54)79/h1-47H/i10D,11D,17D,18D,29D,30D,38D,39D. The van der Waals surface area contributed by atoms with Gasteiger partial charge in [-0.15, -0.1) is 0 Å². The van der Waals surface area contributed by atoms with Crippen LogP contribution in [0.3, 0.4) is 0 Å². The zero-order valence-corrected chi connectivity index (χ0v) is 45.8. The molecule has 86 heavy (non-hydrogen) atoms. The van der Waals surface area contributed by atoms with E-state index in [1.807, 2.05) is 48.5 Å². The molecule has 7 heteroatoms. The van der Waals surface area contributed by atoms with Crippen LogP contribution in [0.1, 0.15) is 33.2 Å². The smallest absolute Gasteiger partial charge is 0.256 e. The van der Waals surface area contributed by atoms with E-state index in [4.69, 9.17) is 15.0 Å². The third-order valence-electron chi connectivity index (χ3n) is 19.1. The van der Waals surface area contributed by atoms with Gasteiger partial charge in [-0.25, -0.2) is 0 Å². The van der Waals surface area contributed by atoms with Crippen molar-refractivity contribution < 1.29 is 20.4 Å². The van der Waals surface area contributed by atoms with E-state index in [0.717, 1.165) is 78.1 Å². The van der Waals surface area contributed by atoms with E-state index in [-0.39, 0.29) is 40.6 Å². The molecular weight excluding hydrogens is 1040 g/mol. The SMILES string of the molecule is [2H]c1c([2H])c([2H])c2c(c1[2H])c1c([2H])c([2H])c([2H])c([2H])c1n2-c1cc2c3c(c1)N(c1ccccc1)c1cc4c(cc1B3c1ccccc1O2)B1c2ccccc2N(c2ccccc2)c2cc(-c3cccc5c3C3(c6ccccc6-c6ccccc63)c3ccccc3-5)cc(c21)O4. The Balaban J connectivity index is 0.858. The summed E-state index contributed by atoms with van der Waals surface area (Å²) in [5.41, 5.74) is 23.2. The van der Waals surface area contributed by atoms with E-state index >= 15 is 0 Å². The molecule has 5 heterocycles. The van der Waals surface area contributed by atoms with Gasteiger partial charge < -0.3 is 23.8 Å². The average molecular weight is 1100 g/mol. The minimum absolute atomic E-state index is 0.00392. The summed E-state index contributed by atoms with van der Waals surface area (Å²) in [5, 5.41) is -0.00784. The van der Waals surface area contributed by atoms with E-state index in [2.05, 4.69) is 198 Å². The first-order valence-electron chi connectivity index (χ1n) is 33.2. The molecule has 0 unspecified atom stereocenters. The van der Waals surface area contributed by atoms with Gasteiger partial charge in [0.25, 0.3) is 13.4 Å². The highest BCUT2D eigenvalue weighted by Crippen LogP contribution is 2.65. The van der Waals surface area contributed by atoms with Crippen LogP contribution in [0.4, 0.5) is 34.1 Å². The molecule has 2 aliphatic carbocycles. The van der Waals surface area contributed by atoms with Crippen LogP contribution >= 0.6 is 0 Å². The first-order valence-corrected chi connectivity index (χ1v) is 29.2. The predicted octanol–water partition coefficient (Wildman–Crippen LogP) is 15.6. The Bertz CT molecular complexity index is 5660. The van der Waals surface area contributed by atoms with Crippen LogP contribution in [-0.2, 0) is 5.41 Å². The Hall–Kier alpha value is -11.0. The summed E-state index contributed by atoms with van der Waals surface area (Å²) in [5.74, 6) is 2.53. The van der Waals surface area contributed by atoms with Crippen LogP contribution in [0.25, 0.3) is 60.9 Å². The molecule has 0 bridgehead atoms. The van der Waals surface area contributed by atoms with Gasteiger partial charge >= 0.3 is 0 Å². The zero-order chi connectivity index (χ0) is 62.9. The molecule has 0 fully saturated rings. The van der Waals surface area contributed by atoms with Crippen LogP contribution in [0.2, 0.25) is 0 Å². The third-order valence-corrected chi connectivity index (χ3v) is 19.1. The minimum Gasteiger partial charge on any atom is -0.458 e. The normalized spacial score (nSPS) is 15.5. The lowest BCUT2D eigenvalue weighted by Crippen LogP contribution is -2.63. The lowest BCUT2D eigenvalue weighted by Gasteiger charge is -2.43. The van der Waals surface area contributed by atoms with Gasteiger partial charge in [-0.1, -0.05) is 206 Å². The maximum Gasteiger partial charge on any atom is 0.256 e. The van der Waals surface area contributed by atoms with Gasteiger partial charge in [-0.05, 0) is 155 Å². The summed E-state index contributed by atoms with van der Waals surface area (Å²) in [6, 6.07) is 80.6. The molecule has 0 atom stereocenters. The third kappa shape index (κ3) is 5.96. The molecule has 0 amide bonds. The van der Waals surface area contributed by atoms with Crippen molar-refractivity contribution in [3.05, 3.63) is 307 Å². The largest absolute Gasteiger partial charge is 0.458 e. The maximum atomic E-state index is 9.51. The Morgan fingerprint density at radius 3 is 1.53 bits per heavy atom. The second-order valence-corrected chi connectivity index (χ2v) is 23.1. The van der Waals surface area contributed by atoms with Gasteiger partial charge in [-0.2, -0.15) is 0 Å². The van der Waals surface area contributed by atoms with E-state index in [9.17, 15) is 5.48 Å². The van der Waals surface area contributed by atoms with E-state index < -0.39 is 48.4 Å². The number of nitrogens with zero attached hydrogens (tertiary/aromatic N) is 3. The summed E-state index contributed by atoms with van der Waals surface area (Å²) in [6.07, 6.45) is 0. The number of hydrogen-bond donors (Lipinski definition) is 0. The summed E-state index contributed by atoms with van der Waals surface area (Å²) in [6.45, 7) is -0.713. The highest BCUT2D eigenvalue weighted by molar-refractivity contribution is 7.02. The Labute approximate surface area is 509 Å². The lowest BCUT2D eigenvalue weighted by atomic mass is 9.31. The van der Waals surface area contributed by atoms with E-state index in [0.29, 0.717) is 28.6 Å². The van der Waals surface area contributed by atoms with E-state index in [1.54, 1.807) is 4.57 Å². The van der Waals surface area contributed by atoms with Crippen LogP contribution in [0, 0.1) is 0 Å². The van der Waals surface area contributed by atoms with Gasteiger partial charge in [0.05, 0.1) is 33.1 Å². The van der Waals surface area contributed by atoms with Crippen molar-refractivity contribution in [3.63, 3.8) is 0 Å². The molecule has 20 rings (SSSR count). The molecule has 0 radical (unpaired) electrons. The van der Waals surface area contributed by atoms with E-state index in [1.165, 1.54) is 44.5 Å². The monoisotopic (exact) mass is 1100 g/mol. The molecule has 0 saturated carbocycles. The highest BCUT2D eigenvalue weighted by atomic mass is 16.5. The summed E-state index contributed by atoms with van der Waals surface area (Å²) < 4.78 is 89.6. The van der Waals surface area contributed by atoms with Crippen LogP contribution in [0.5, 0.6) is 23.0 Å². The fraction of sp³-hybridized carbons (Fsp3) is 0.0127. The van der Waals surface area contributed by atoms with Crippen LogP contribution in [0.15, 0.2) is 285 Å². The van der Waals surface area contributed by atoms with Crippen molar-refractivity contribution in [2.45, 2.75) is 5.41 Å². The quantitative estimate of drug-likeness (QED) is 0.164. The van der Waals surface area contributed by atoms with Crippen molar-refractivity contribution in [1.29, 1.82) is 0 Å². The van der Waals surface area contributed by atoms with Crippen molar-refractivity contribution in [1.82, 2.24) is 4.57 Å². The van der Waals surface area contributed by atoms with Crippen molar-refractivity contribution in [2.24, 2.45) is 0 Å².